The molecule has 0 aromatic carbocycles. The lowest BCUT2D eigenvalue weighted by Crippen LogP contribution is -2.33. The van der Waals surface area contributed by atoms with E-state index in [0.717, 1.165) is 44.0 Å². The van der Waals surface area contributed by atoms with E-state index < -0.39 is 0 Å². The summed E-state index contributed by atoms with van der Waals surface area (Å²) in [6, 6.07) is 9.65. The Kier molecular flexibility index (Phi) is 3.79. The maximum absolute atomic E-state index is 12.5. The van der Waals surface area contributed by atoms with Gasteiger partial charge in [0.25, 0.3) is 5.91 Å². The Balaban J connectivity index is 1.36. The third kappa shape index (κ3) is 2.97. The Morgan fingerprint density at radius 3 is 2.39 bits per heavy atom. The van der Waals surface area contributed by atoms with Crippen molar-refractivity contribution in [1.82, 2.24) is 19.8 Å². The number of aromatic nitrogens is 2. The maximum Gasteiger partial charge on any atom is 0.253 e. The molecule has 2 saturated heterocycles. The molecule has 2 fully saturated rings. The topological polar surface area (TPSA) is 49.3 Å². The summed E-state index contributed by atoms with van der Waals surface area (Å²) >= 11 is 0. The molecule has 4 heterocycles. The molecule has 0 spiro atoms. The molecule has 5 nitrogen and oxygen atoms in total. The number of rotatable bonds is 3. The third-order valence-corrected chi connectivity index (χ3v) is 4.89. The molecule has 5 heteroatoms. The molecule has 118 valence electrons. The fourth-order valence-electron chi connectivity index (χ4n) is 3.78. The van der Waals surface area contributed by atoms with Gasteiger partial charge in [0.15, 0.2) is 0 Å². The summed E-state index contributed by atoms with van der Waals surface area (Å²) in [4.78, 5) is 25.4. The van der Waals surface area contributed by atoms with E-state index >= 15 is 0 Å². The van der Waals surface area contributed by atoms with Crippen LogP contribution in [-0.2, 0) is 6.54 Å². The summed E-state index contributed by atoms with van der Waals surface area (Å²) in [5, 5.41) is 0. The number of carbonyl (C=O) groups excluding carboxylic acids is 1. The molecular weight excluding hydrogens is 288 g/mol. The van der Waals surface area contributed by atoms with E-state index in [2.05, 4.69) is 20.9 Å². The molecule has 0 saturated carbocycles. The van der Waals surface area contributed by atoms with Crippen molar-refractivity contribution >= 4 is 5.91 Å². The zero-order chi connectivity index (χ0) is 15.6. The molecule has 2 aliphatic heterocycles. The number of hydrogen-bond acceptors (Lipinski definition) is 4. The summed E-state index contributed by atoms with van der Waals surface area (Å²) in [6.07, 6.45) is 5.21. The minimum Gasteiger partial charge on any atom is -0.338 e. The number of fused-ring (bicyclic) bond motifs is 1. The van der Waals surface area contributed by atoms with Crippen molar-refractivity contribution in [3.8, 4) is 0 Å². The van der Waals surface area contributed by atoms with E-state index in [-0.39, 0.29) is 5.91 Å². The Hall–Kier alpha value is -2.27. The average molecular weight is 308 g/mol. The molecule has 2 aromatic heterocycles. The average Bonchev–Trinajstić information content (AvgIpc) is 3.14. The third-order valence-electron chi connectivity index (χ3n) is 4.89. The summed E-state index contributed by atoms with van der Waals surface area (Å²) in [7, 11) is 0. The molecule has 0 N–H and O–H groups in total. The van der Waals surface area contributed by atoms with Crippen molar-refractivity contribution < 1.29 is 4.79 Å². The van der Waals surface area contributed by atoms with Gasteiger partial charge in [0.1, 0.15) is 0 Å². The van der Waals surface area contributed by atoms with Crippen LogP contribution in [0, 0.1) is 11.8 Å². The Bertz CT molecular complexity index is 662. The first-order valence-corrected chi connectivity index (χ1v) is 8.11. The predicted molar refractivity (Wildman–Crippen MR) is 86.6 cm³/mol. The van der Waals surface area contributed by atoms with Crippen LogP contribution in [0.2, 0.25) is 0 Å². The van der Waals surface area contributed by atoms with Gasteiger partial charge in [-0.25, -0.2) is 0 Å². The van der Waals surface area contributed by atoms with Gasteiger partial charge in [-0.05, 0) is 36.1 Å². The highest BCUT2D eigenvalue weighted by atomic mass is 16.2. The van der Waals surface area contributed by atoms with Crippen molar-refractivity contribution in [3.63, 3.8) is 0 Å². The zero-order valence-electron chi connectivity index (χ0n) is 13.0. The van der Waals surface area contributed by atoms with E-state index in [1.807, 2.05) is 23.2 Å². The van der Waals surface area contributed by atoms with Crippen LogP contribution in [0.3, 0.4) is 0 Å². The van der Waals surface area contributed by atoms with Crippen LogP contribution in [0.25, 0.3) is 0 Å². The molecule has 0 unspecified atom stereocenters. The highest BCUT2D eigenvalue weighted by Gasteiger charge is 2.41. The van der Waals surface area contributed by atoms with Crippen molar-refractivity contribution in [1.29, 1.82) is 0 Å². The van der Waals surface area contributed by atoms with Gasteiger partial charge in [-0.15, -0.1) is 0 Å². The summed E-state index contributed by atoms with van der Waals surface area (Å²) < 4.78 is 0. The molecule has 4 rings (SSSR count). The van der Waals surface area contributed by atoms with Crippen LogP contribution in [0.5, 0.6) is 0 Å². The second-order valence-electron chi connectivity index (χ2n) is 6.48. The normalized spacial score (nSPS) is 23.9. The largest absolute Gasteiger partial charge is 0.338 e. The molecule has 2 aromatic rings. The lowest BCUT2D eigenvalue weighted by Gasteiger charge is -2.21. The van der Waals surface area contributed by atoms with Crippen molar-refractivity contribution in [2.45, 2.75) is 6.54 Å². The number of carbonyl (C=O) groups is 1. The number of pyridine rings is 2. The fourth-order valence-corrected chi connectivity index (χ4v) is 3.78. The monoisotopic (exact) mass is 308 g/mol. The highest BCUT2D eigenvalue weighted by Crippen LogP contribution is 2.32. The summed E-state index contributed by atoms with van der Waals surface area (Å²) in [5.74, 6) is 1.31. The molecular formula is C18H20N4O. The Labute approximate surface area is 136 Å². The number of nitrogens with zero attached hydrogens (tertiary/aromatic N) is 4. The lowest BCUT2D eigenvalue weighted by atomic mass is 10.0. The standard InChI is InChI=1S/C18H20N4O/c23-18(14-4-7-19-8-5-14)22-11-15-9-21(10-16(15)12-22)13-17-3-1-2-6-20-17/h1-8,15-16H,9-13H2/t15-,16-/m1/s1. The van der Waals surface area contributed by atoms with Gasteiger partial charge in [0, 0.05) is 56.9 Å². The SMILES string of the molecule is O=C(c1ccncc1)N1C[C@H]2CN(Cc3ccccn3)C[C@@H]2C1. The molecule has 0 radical (unpaired) electrons. The minimum atomic E-state index is 0.137. The quantitative estimate of drug-likeness (QED) is 0.865. The summed E-state index contributed by atoms with van der Waals surface area (Å²) in [5.41, 5.74) is 1.86. The lowest BCUT2D eigenvalue weighted by molar-refractivity contribution is 0.0773. The van der Waals surface area contributed by atoms with Crippen molar-refractivity contribution in [3.05, 3.63) is 60.2 Å². The van der Waals surface area contributed by atoms with Crippen LogP contribution in [-0.4, -0.2) is 51.9 Å². The summed E-state index contributed by atoms with van der Waals surface area (Å²) in [6.45, 7) is 4.75. The van der Waals surface area contributed by atoms with Crippen LogP contribution in [0.15, 0.2) is 48.9 Å². The fraction of sp³-hybridized carbons (Fsp3) is 0.389. The van der Waals surface area contributed by atoms with E-state index in [1.54, 1.807) is 24.5 Å². The van der Waals surface area contributed by atoms with Gasteiger partial charge in [-0.3, -0.25) is 19.7 Å². The molecule has 1 amide bonds. The second-order valence-corrected chi connectivity index (χ2v) is 6.48. The second kappa shape index (κ2) is 6.08. The Morgan fingerprint density at radius 1 is 1.00 bits per heavy atom. The molecule has 0 bridgehead atoms. The van der Waals surface area contributed by atoms with Gasteiger partial charge in [0.2, 0.25) is 0 Å². The smallest absolute Gasteiger partial charge is 0.253 e. The van der Waals surface area contributed by atoms with E-state index in [4.69, 9.17) is 0 Å². The zero-order valence-corrected chi connectivity index (χ0v) is 13.0. The highest BCUT2D eigenvalue weighted by molar-refractivity contribution is 5.94. The first-order valence-electron chi connectivity index (χ1n) is 8.11. The first kappa shape index (κ1) is 14.3. The van der Waals surface area contributed by atoms with Crippen molar-refractivity contribution in [2.75, 3.05) is 26.2 Å². The number of amides is 1. The molecule has 23 heavy (non-hydrogen) atoms. The van der Waals surface area contributed by atoms with E-state index in [1.165, 1.54) is 0 Å². The predicted octanol–water partition coefficient (Wildman–Crippen LogP) is 1.68. The maximum atomic E-state index is 12.5. The number of hydrogen-bond donors (Lipinski definition) is 0. The van der Waals surface area contributed by atoms with Gasteiger partial charge in [-0.1, -0.05) is 6.07 Å². The molecule has 2 atom stereocenters. The van der Waals surface area contributed by atoms with E-state index in [0.29, 0.717) is 11.8 Å². The van der Waals surface area contributed by atoms with Gasteiger partial charge in [0.05, 0.1) is 5.69 Å². The van der Waals surface area contributed by atoms with Crippen molar-refractivity contribution in [2.24, 2.45) is 11.8 Å². The van der Waals surface area contributed by atoms with Gasteiger partial charge < -0.3 is 4.90 Å². The van der Waals surface area contributed by atoms with Crippen LogP contribution >= 0.6 is 0 Å². The minimum absolute atomic E-state index is 0.137. The van der Waals surface area contributed by atoms with Crippen LogP contribution in [0.4, 0.5) is 0 Å². The van der Waals surface area contributed by atoms with E-state index in [9.17, 15) is 4.79 Å². The van der Waals surface area contributed by atoms with Crippen LogP contribution in [0.1, 0.15) is 16.1 Å². The molecule has 2 aliphatic rings. The van der Waals surface area contributed by atoms with Gasteiger partial charge >= 0.3 is 0 Å². The van der Waals surface area contributed by atoms with Gasteiger partial charge in [-0.2, -0.15) is 0 Å². The molecule has 0 aliphatic carbocycles. The van der Waals surface area contributed by atoms with Crippen LogP contribution < -0.4 is 0 Å². The Morgan fingerprint density at radius 2 is 1.74 bits per heavy atom. The number of likely N-dealkylation sites (tertiary alicyclic amines) is 2. The first-order chi connectivity index (χ1) is 11.3.